The summed E-state index contributed by atoms with van der Waals surface area (Å²) in [6.07, 6.45) is 1.84. The van der Waals surface area contributed by atoms with Crippen LogP contribution in [-0.2, 0) is 14.3 Å². The number of ketones is 1. The predicted molar refractivity (Wildman–Crippen MR) is 139 cm³/mol. The number of aliphatic hydroxyl groups is 1. The molecule has 0 aliphatic carbocycles. The number of rotatable bonds is 8. The van der Waals surface area contributed by atoms with E-state index < -0.39 is 23.7 Å². The van der Waals surface area contributed by atoms with Crippen LogP contribution in [0.1, 0.15) is 52.8 Å². The third kappa shape index (κ3) is 4.62. The van der Waals surface area contributed by atoms with E-state index in [1.54, 1.807) is 24.3 Å². The van der Waals surface area contributed by atoms with E-state index in [0.717, 1.165) is 18.7 Å². The van der Waals surface area contributed by atoms with Crippen molar-refractivity contribution in [3.63, 3.8) is 0 Å². The number of carbonyl (C=O) groups excluding carboxylic acids is 3. The molecule has 1 N–H and O–H groups in total. The first kappa shape index (κ1) is 26.1. The Morgan fingerprint density at radius 3 is 2.38 bits per heavy atom. The number of benzene rings is 1. The Kier molecular flexibility index (Phi) is 7.45. The number of likely N-dealkylation sites (N-methyl/N-ethyl adjacent to an activating group) is 1. The Morgan fingerprint density at radius 2 is 1.78 bits per heavy atom. The second kappa shape index (κ2) is 10.6. The number of aliphatic hydroxyl groups excluding tert-OH is 1. The SMILES string of the molecule is CCN(CC)CCN1C(=O)C(=O)C(=C(O)c2nc3c(C)cccn3c2C)C1c1ccc(C(=O)OC)cc1. The van der Waals surface area contributed by atoms with Crippen LogP contribution >= 0.6 is 0 Å². The lowest BCUT2D eigenvalue weighted by Crippen LogP contribution is -2.38. The zero-order valence-electron chi connectivity index (χ0n) is 21.8. The lowest BCUT2D eigenvalue weighted by Gasteiger charge is -2.28. The third-order valence-electron chi connectivity index (χ3n) is 7.05. The van der Waals surface area contributed by atoms with Crippen LogP contribution in [0.2, 0.25) is 0 Å². The van der Waals surface area contributed by atoms with Gasteiger partial charge in [0.05, 0.1) is 30.0 Å². The molecule has 194 valence electrons. The van der Waals surface area contributed by atoms with E-state index in [-0.39, 0.29) is 17.0 Å². The first-order chi connectivity index (χ1) is 17.7. The van der Waals surface area contributed by atoms with E-state index in [1.165, 1.54) is 12.0 Å². The highest BCUT2D eigenvalue weighted by Crippen LogP contribution is 2.40. The summed E-state index contributed by atoms with van der Waals surface area (Å²) < 4.78 is 6.64. The molecule has 1 fully saturated rings. The van der Waals surface area contributed by atoms with Gasteiger partial charge in [0.15, 0.2) is 5.76 Å². The van der Waals surface area contributed by atoms with Crippen molar-refractivity contribution in [3.05, 3.63) is 76.2 Å². The second-order valence-electron chi connectivity index (χ2n) is 9.06. The molecule has 3 heterocycles. The van der Waals surface area contributed by atoms with E-state index >= 15 is 0 Å². The standard InChI is InChI=1S/C28H32N4O5/c1-6-30(7-2)15-16-32-23(19-10-12-20(13-11-19)28(36)37-5)21(25(34)27(32)35)24(33)22-18(4)31-14-8-9-17(3)26(31)29-22/h8-14,23,33H,6-7,15-16H2,1-5H3. The molecule has 1 aliphatic heterocycles. The van der Waals surface area contributed by atoms with Gasteiger partial charge in [0.2, 0.25) is 0 Å². The quantitative estimate of drug-likeness (QED) is 0.217. The summed E-state index contributed by atoms with van der Waals surface area (Å²) in [5, 5.41) is 11.5. The molecule has 1 aromatic carbocycles. The Morgan fingerprint density at radius 1 is 1.11 bits per heavy atom. The highest BCUT2D eigenvalue weighted by atomic mass is 16.5. The van der Waals surface area contributed by atoms with Gasteiger partial charge in [0, 0.05) is 19.3 Å². The van der Waals surface area contributed by atoms with Gasteiger partial charge in [-0.25, -0.2) is 9.78 Å². The van der Waals surface area contributed by atoms with Crippen LogP contribution in [-0.4, -0.2) is 75.2 Å². The Labute approximate surface area is 216 Å². The molecule has 37 heavy (non-hydrogen) atoms. The van der Waals surface area contributed by atoms with Crippen LogP contribution in [0.5, 0.6) is 0 Å². The van der Waals surface area contributed by atoms with Crippen molar-refractivity contribution >= 4 is 29.1 Å². The summed E-state index contributed by atoms with van der Waals surface area (Å²) in [5.41, 5.74) is 3.43. The maximum Gasteiger partial charge on any atom is 0.337 e. The van der Waals surface area contributed by atoms with E-state index in [2.05, 4.69) is 9.88 Å². The number of imidazole rings is 1. The molecule has 9 nitrogen and oxygen atoms in total. The average Bonchev–Trinajstić information content (AvgIpc) is 3.38. The van der Waals surface area contributed by atoms with E-state index in [0.29, 0.717) is 35.6 Å². The fourth-order valence-electron chi connectivity index (χ4n) is 4.84. The fraction of sp³-hybridized carbons (Fsp3) is 0.357. The Hall–Kier alpha value is -3.98. The van der Waals surface area contributed by atoms with Gasteiger partial charge in [0.25, 0.3) is 11.7 Å². The normalized spacial score (nSPS) is 17.2. The monoisotopic (exact) mass is 504 g/mol. The summed E-state index contributed by atoms with van der Waals surface area (Å²) in [6, 6.07) is 9.52. The second-order valence-corrected chi connectivity index (χ2v) is 9.06. The summed E-state index contributed by atoms with van der Waals surface area (Å²) in [7, 11) is 1.30. The molecule has 1 aliphatic rings. The van der Waals surface area contributed by atoms with E-state index in [9.17, 15) is 19.5 Å². The van der Waals surface area contributed by atoms with Gasteiger partial charge in [-0.05, 0) is 56.3 Å². The smallest absolute Gasteiger partial charge is 0.337 e. The molecule has 1 amide bonds. The van der Waals surface area contributed by atoms with Gasteiger partial charge in [-0.2, -0.15) is 0 Å². The minimum atomic E-state index is -0.826. The van der Waals surface area contributed by atoms with E-state index in [1.807, 2.05) is 50.4 Å². The number of amides is 1. The fourth-order valence-corrected chi connectivity index (χ4v) is 4.84. The molecule has 4 rings (SSSR count). The number of pyridine rings is 1. The molecular weight excluding hydrogens is 472 g/mol. The Balaban J connectivity index is 1.86. The molecule has 1 saturated heterocycles. The van der Waals surface area contributed by atoms with Gasteiger partial charge < -0.3 is 24.0 Å². The number of likely N-dealkylation sites (tertiary alicyclic amines) is 1. The summed E-state index contributed by atoms with van der Waals surface area (Å²) in [5.74, 6) is -2.23. The number of ether oxygens (including phenoxy) is 1. The largest absolute Gasteiger partial charge is 0.505 e. The van der Waals surface area contributed by atoms with Crippen LogP contribution < -0.4 is 0 Å². The van der Waals surface area contributed by atoms with Crippen molar-refractivity contribution in [2.75, 3.05) is 33.3 Å². The molecule has 0 spiro atoms. The lowest BCUT2D eigenvalue weighted by atomic mass is 9.95. The number of methoxy groups -OCH3 is 1. The van der Waals surface area contributed by atoms with Crippen LogP contribution in [0, 0.1) is 13.8 Å². The van der Waals surface area contributed by atoms with Gasteiger partial charge in [0.1, 0.15) is 11.3 Å². The average molecular weight is 505 g/mol. The molecule has 1 atom stereocenters. The molecule has 3 aromatic rings. The maximum atomic E-state index is 13.4. The number of carbonyl (C=O) groups is 3. The topological polar surface area (TPSA) is 104 Å². The number of hydrogen-bond acceptors (Lipinski definition) is 7. The van der Waals surface area contributed by atoms with Crippen LogP contribution in [0.25, 0.3) is 11.4 Å². The highest BCUT2D eigenvalue weighted by molar-refractivity contribution is 6.46. The number of nitrogens with zero attached hydrogens (tertiary/aromatic N) is 4. The Bertz CT molecular complexity index is 1390. The summed E-state index contributed by atoms with van der Waals surface area (Å²) in [6.45, 7) is 10.3. The van der Waals surface area contributed by atoms with Gasteiger partial charge in [-0.15, -0.1) is 0 Å². The zero-order valence-corrected chi connectivity index (χ0v) is 21.8. The number of aryl methyl sites for hydroxylation is 2. The first-order valence-corrected chi connectivity index (χ1v) is 12.4. The lowest BCUT2D eigenvalue weighted by molar-refractivity contribution is -0.140. The van der Waals surface area contributed by atoms with Gasteiger partial charge >= 0.3 is 5.97 Å². The summed E-state index contributed by atoms with van der Waals surface area (Å²) >= 11 is 0. The zero-order chi connectivity index (χ0) is 26.9. The van der Waals surface area contributed by atoms with Gasteiger partial charge in [-0.1, -0.05) is 32.0 Å². The van der Waals surface area contributed by atoms with Crippen molar-refractivity contribution in [2.45, 2.75) is 33.7 Å². The van der Waals surface area contributed by atoms with E-state index in [4.69, 9.17) is 4.74 Å². The summed E-state index contributed by atoms with van der Waals surface area (Å²) in [4.78, 5) is 46.9. The molecule has 2 aromatic heterocycles. The van der Waals surface area contributed by atoms with Crippen LogP contribution in [0.3, 0.4) is 0 Å². The number of aromatic nitrogens is 2. The minimum Gasteiger partial charge on any atom is -0.505 e. The molecule has 0 radical (unpaired) electrons. The van der Waals surface area contributed by atoms with Crippen molar-refractivity contribution in [1.82, 2.24) is 19.2 Å². The van der Waals surface area contributed by atoms with Crippen LogP contribution in [0.4, 0.5) is 0 Å². The van der Waals surface area contributed by atoms with Crippen LogP contribution in [0.15, 0.2) is 48.2 Å². The molecule has 0 saturated carbocycles. The molecular formula is C28H32N4O5. The molecule has 9 heteroatoms. The number of Topliss-reactive ketones (excluding diaryl/α,β-unsaturated/α-hetero) is 1. The van der Waals surface area contributed by atoms with Crippen molar-refractivity contribution < 1.29 is 24.2 Å². The third-order valence-corrected chi connectivity index (χ3v) is 7.05. The minimum absolute atomic E-state index is 0.0143. The van der Waals surface area contributed by atoms with Crippen molar-refractivity contribution in [3.8, 4) is 0 Å². The molecule has 1 unspecified atom stereocenters. The van der Waals surface area contributed by atoms with Gasteiger partial charge in [-0.3, -0.25) is 9.59 Å². The predicted octanol–water partition coefficient (Wildman–Crippen LogP) is 3.50. The first-order valence-electron chi connectivity index (χ1n) is 12.4. The molecule has 0 bridgehead atoms. The maximum absolute atomic E-state index is 13.4. The number of esters is 1. The number of hydrogen-bond donors (Lipinski definition) is 1. The van der Waals surface area contributed by atoms with Crippen molar-refractivity contribution in [1.29, 1.82) is 0 Å². The number of fused-ring (bicyclic) bond motifs is 1. The van der Waals surface area contributed by atoms with Crippen molar-refractivity contribution in [2.24, 2.45) is 0 Å². The highest BCUT2D eigenvalue weighted by Gasteiger charge is 2.46.